The molecule has 34 heteroatoms. The average Bonchev–Trinajstić information content (AvgIpc) is 1.74. The summed E-state index contributed by atoms with van der Waals surface area (Å²) >= 11 is 0. The van der Waals surface area contributed by atoms with Gasteiger partial charge < -0.3 is 51.5 Å². The van der Waals surface area contributed by atoms with E-state index in [0.717, 1.165) is 76.8 Å². The van der Waals surface area contributed by atoms with Gasteiger partial charge in [-0.3, -0.25) is 58.2 Å². The van der Waals surface area contributed by atoms with E-state index in [-0.39, 0.29) is 90.1 Å². The summed E-state index contributed by atoms with van der Waals surface area (Å²) in [5, 5.41) is 32.8. The van der Waals surface area contributed by atoms with E-state index in [1.165, 1.54) is 117 Å². The van der Waals surface area contributed by atoms with Crippen LogP contribution in [0, 0.1) is 66.2 Å². The third kappa shape index (κ3) is 22.2. The number of para-hydroxylation sites is 1. The monoisotopic (exact) mass is 1750 g/mol. The molecule has 0 radical (unpaired) electrons. The molecule has 3 atom stereocenters. The predicted molar refractivity (Wildman–Crippen MR) is 458 cm³/mol. The number of aromatic nitrogens is 9. The molecule has 14 aromatic rings. The van der Waals surface area contributed by atoms with Gasteiger partial charge in [-0.15, -0.1) is 0 Å². The topological polar surface area (TPSA) is 333 Å². The van der Waals surface area contributed by atoms with Gasteiger partial charge in [0.05, 0.1) is 68.4 Å². The molecule has 8 N–H and O–H groups in total. The van der Waals surface area contributed by atoms with Crippen LogP contribution in [0.25, 0.3) is 55.3 Å². The number of carboxylic acids is 1. The Morgan fingerprint density at radius 1 is 0.422 bits per heavy atom. The van der Waals surface area contributed by atoms with Crippen LogP contribution in [0.1, 0.15) is 141 Å². The van der Waals surface area contributed by atoms with Crippen LogP contribution in [-0.4, -0.2) is 124 Å². The Morgan fingerprint density at radius 3 is 1.21 bits per heavy atom. The Kier molecular flexibility index (Phi) is 29.3. The van der Waals surface area contributed by atoms with Gasteiger partial charge in [0.25, 0.3) is 23.6 Å². The van der Waals surface area contributed by atoms with Crippen LogP contribution in [0.4, 0.5) is 39.5 Å². The van der Waals surface area contributed by atoms with Crippen molar-refractivity contribution < 1.29 is 83.0 Å². The molecule has 0 aliphatic carbocycles. The predicted octanol–water partition coefficient (Wildman–Crippen LogP) is 14.6. The number of nitrogens with one attached hydrogen (secondary N) is 7. The van der Waals surface area contributed by atoms with Gasteiger partial charge in [-0.2, -0.15) is 5.10 Å². The molecule has 7 heterocycles. The first kappa shape index (κ1) is 91.7. The van der Waals surface area contributed by atoms with Gasteiger partial charge in [0.15, 0.2) is 5.69 Å². The maximum Gasteiger partial charge on any atom is 0.356 e. The summed E-state index contributed by atoms with van der Waals surface area (Å²) in [6.45, 7) is 6.68. The van der Waals surface area contributed by atoms with Crippen molar-refractivity contribution in [2.45, 2.75) is 90.6 Å². The lowest BCUT2D eigenvalue weighted by Gasteiger charge is -2.22. The van der Waals surface area contributed by atoms with Gasteiger partial charge >= 0.3 is 5.97 Å². The van der Waals surface area contributed by atoms with Crippen molar-refractivity contribution in [3.63, 3.8) is 0 Å². The normalized spacial score (nSPS) is 11.8. The third-order valence-corrected chi connectivity index (χ3v) is 20.6. The van der Waals surface area contributed by atoms with E-state index < -0.39 is 112 Å². The van der Waals surface area contributed by atoms with Crippen molar-refractivity contribution in [2.75, 3.05) is 28.2 Å². The fourth-order valence-corrected chi connectivity index (χ4v) is 14.7. The number of halogens is 9. The molecule has 0 spiro atoms. The van der Waals surface area contributed by atoms with E-state index in [2.05, 4.69) is 67.2 Å². The molecule has 0 bridgehead atoms. The molecule has 0 aliphatic heterocycles. The van der Waals surface area contributed by atoms with E-state index in [1.807, 2.05) is 45.9 Å². The number of benzene rings is 7. The zero-order chi connectivity index (χ0) is 91.9. The molecule has 7 aromatic heterocycles. The molecule has 0 fully saturated rings. The highest BCUT2D eigenvalue weighted by molar-refractivity contribution is 5.99. The fraction of sp³-hybridized carbons (Fsp3) is 0.191. The Balaban J connectivity index is 0.000000174. The summed E-state index contributed by atoms with van der Waals surface area (Å²) in [5.41, 5.74) is 7.87. The van der Waals surface area contributed by atoms with Crippen molar-refractivity contribution in [3.8, 4) is 33.4 Å². The molecule has 0 unspecified atom stereocenters. The van der Waals surface area contributed by atoms with Gasteiger partial charge in [-0.25, -0.2) is 49.3 Å². The number of hydrogen-bond donors (Lipinski definition) is 8. The number of pyridine rings is 4. The lowest BCUT2D eigenvalue weighted by atomic mass is 9.94. The lowest BCUT2D eigenvalue weighted by molar-refractivity contribution is -0.123. The van der Waals surface area contributed by atoms with Crippen LogP contribution >= 0.6 is 0 Å². The molecule has 0 saturated carbocycles. The second-order valence-electron chi connectivity index (χ2n) is 29.9. The Labute approximate surface area is 726 Å². The van der Waals surface area contributed by atoms with Crippen molar-refractivity contribution in [1.29, 1.82) is 0 Å². The van der Waals surface area contributed by atoms with E-state index in [1.54, 1.807) is 65.5 Å². The lowest BCUT2D eigenvalue weighted by Crippen LogP contribution is -2.35. The smallest absolute Gasteiger partial charge is 0.356 e. The number of carbonyl (C=O) groups is 8. The van der Waals surface area contributed by atoms with Crippen LogP contribution in [0.3, 0.4) is 0 Å². The van der Waals surface area contributed by atoms with Crippen LogP contribution in [0.2, 0.25) is 0 Å². The van der Waals surface area contributed by atoms with Crippen LogP contribution < -0.4 is 37.2 Å². The minimum absolute atomic E-state index is 0.0172. The summed E-state index contributed by atoms with van der Waals surface area (Å²) < 4.78 is 133. The highest BCUT2D eigenvalue weighted by atomic mass is 19.2. The Hall–Kier alpha value is -15.5. The van der Waals surface area contributed by atoms with Crippen molar-refractivity contribution >= 4 is 69.3 Å². The summed E-state index contributed by atoms with van der Waals surface area (Å²) in [4.78, 5) is 124. The molecule has 14 rings (SSSR count). The highest BCUT2D eigenvalue weighted by Gasteiger charge is 2.30. The largest absolute Gasteiger partial charge is 0.476 e. The minimum atomic E-state index is -1.24. The van der Waals surface area contributed by atoms with E-state index in [9.17, 15) is 83.0 Å². The summed E-state index contributed by atoms with van der Waals surface area (Å²) in [6, 6.07) is 39.0. The maximum absolute atomic E-state index is 14.5. The fourth-order valence-electron chi connectivity index (χ4n) is 14.7. The molecule has 7 aromatic carbocycles. The standard InChI is InChI=1S/C33H29F3N6O3.C31H26F3N5O2.C30H28F3N5O4/c1-18-6-4-8-27-29(18)41-31(33(45)38-3)42(27)17-28(43)40-26(14-19-12-21(34)16-22(35)13-19)30-23(7-5-11-39-30)20-9-10-25(36)24(15-20)32(44)37-2;1-18-10-28-21(16-37-18)7-9-39(28)17-29(40)38-27(13-19-11-22(32)15-23(33)12-19)30-24(4-3-8-36-30)20-5-6-26(34)25(14-20)31(41)35-2;1-16(2)26-14-25(30(41)42)37-38(26)15-27(39)36-24(11-17-9-19(31)13-20(32)10-17)28-21(5-4-8-35-28)18-6-7-23(33)22(12-18)29(40)34-3/h4-13,15-16,26H,14,17H2,1-3H3,(H,37,44)(H,38,45)(H,40,43);3-12,14-16,27H,13,17H2,1-2H3,(H,35,41)(H,38,40);4-10,12-14,16,24H,11,15H2,1-3H3,(H,34,40)(H,36,39)(H,41,42)/t26-;27-;24-/m000/s1. The first-order chi connectivity index (χ1) is 61.3. The number of aromatic carboxylic acids is 1. The number of imidazole rings is 1. The molecule has 128 heavy (non-hydrogen) atoms. The average molecular weight is 1750 g/mol. The third-order valence-electron chi connectivity index (χ3n) is 20.6. The SMILES string of the molecule is CNC(=O)c1cc(-c2cccnc2[C@H](Cc2cc(F)cc(F)c2)NC(=O)Cn2c(C(=O)NC)nc3c(C)cccc32)ccc1F.CNC(=O)c1cc(-c2cccnc2[C@H](Cc2cc(F)cc(F)c2)NC(=O)Cn2ccc3cnc(C)cc32)ccc1F.CNC(=O)c1cc(-c2cccnc2[C@H](Cc2cc(F)cc(F)c2)NC(=O)Cn2nc(C(=O)O)cc2C(C)C)ccc1F. The number of carbonyl (C=O) groups excluding carboxylic acids is 7. The number of nitrogens with zero attached hydrogens (tertiary/aromatic N) is 9. The van der Waals surface area contributed by atoms with Gasteiger partial charge in [-0.05, 0) is 193 Å². The van der Waals surface area contributed by atoms with Gasteiger partial charge in [0.1, 0.15) is 72.0 Å². The number of aryl methyl sites for hydroxylation is 2. The number of amides is 7. The van der Waals surface area contributed by atoms with Crippen molar-refractivity contribution in [1.82, 2.24) is 81.1 Å². The zero-order valence-electron chi connectivity index (χ0n) is 69.9. The zero-order valence-corrected chi connectivity index (χ0v) is 69.9. The minimum Gasteiger partial charge on any atom is -0.476 e. The Bertz CT molecular complexity index is 6540. The number of fused-ring (bicyclic) bond motifs is 2. The second kappa shape index (κ2) is 40.9. The number of carboxylic acid groups (broad SMARTS) is 1. The first-order valence-corrected chi connectivity index (χ1v) is 39.8. The molecule has 0 saturated heterocycles. The van der Waals surface area contributed by atoms with Gasteiger partial charge in [-0.1, -0.05) is 62.4 Å². The summed E-state index contributed by atoms with van der Waals surface area (Å²) in [7, 11) is 5.62. The van der Waals surface area contributed by atoms with E-state index in [4.69, 9.17) is 0 Å². The molecular formula is C94H83F9N16O9. The molecule has 25 nitrogen and oxygen atoms in total. The molecule has 656 valence electrons. The summed E-state index contributed by atoms with van der Waals surface area (Å²) in [6.07, 6.45) is 7.88. The van der Waals surface area contributed by atoms with Crippen LogP contribution in [0.15, 0.2) is 213 Å². The first-order valence-electron chi connectivity index (χ1n) is 39.8. The highest BCUT2D eigenvalue weighted by Crippen LogP contribution is 2.36. The maximum atomic E-state index is 14.5. The Morgan fingerprint density at radius 2 is 0.820 bits per heavy atom. The van der Waals surface area contributed by atoms with Gasteiger partial charge in [0.2, 0.25) is 23.5 Å². The van der Waals surface area contributed by atoms with Crippen molar-refractivity contribution in [3.05, 3.63) is 344 Å². The van der Waals surface area contributed by atoms with Crippen LogP contribution in [-0.2, 0) is 53.3 Å². The van der Waals surface area contributed by atoms with Gasteiger partial charge in [0, 0.05) is 111 Å². The van der Waals surface area contributed by atoms with E-state index in [0.29, 0.717) is 72.8 Å². The quantitative estimate of drug-likeness (QED) is 0.0222. The molecular weight excluding hydrogens is 1670 g/mol. The van der Waals surface area contributed by atoms with Crippen LogP contribution in [0.5, 0.6) is 0 Å². The molecule has 7 amide bonds. The second-order valence-corrected chi connectivity index (χ2v) is 29.9. The number of rotatable bonds is 27. The van der Waals surface area contributed by atoms with E-state index >= 15 is 0 Å². The number of hydrogen-bond acceptors (Lipinski definition) is 14. The summed E-state index contributed by atoms with van der Waals surface area (Å²) in [5.74, 6) is -12.0. The van der Waals surface area contributed by atoms with Crippen molar-refractivity contribution in [2.24, 2.45) is 0 Å². The molecule has 0 aliphatic rings.